The second kappa shape index (κ2) is 3.79. The molecule has 0 saturated carbocycles. The van der Waals surface area contributed by atoms with Crippen LogP contribution in [0.1, 0.15) is 17.2 Å². The van der Waals surface area contributed by atoms with Crippen LogP contribution in [0.2, 0.25) is 0 Å². The molecule has 1 atom stereocenters. The van der Waals surface area contributed by atoms with Gasteiger partial charge in [-0.2, -0.15) is 0 Å². The van der Waals surface area contributed by atoms with Crippen molar-refractivity contribution in [3.8, 4) is 0 Å². The van der Waals surface area contributed by atoms with Gasteiger partial charge >= 0.3 is 0 Å². The molecule has 13 heavy (non-hydrogen) atoms. The molecule has 0 aliphatic rings. The molecule has 0 heterocycles. The van der Waals surface area contributed by atoms with Gasteiger partial charge in [-0.15, -0.1) is 0 Å². The molecule has 0 amide bonds. The minimum absolute atomic E-state index is 0.322. The zero-order chi connectivity index (χ0) is 10.0. The molecule has 0 aromatic heterocycles. The summed E-state index contributed by atoms with van der Waals surface area (Å²) in [6.07, 6.45) is -5.00. The molecule has 0 saturated heterocycles. The van der Waals surface area contributed by atoms with E-state index in [-0.39, 0.29) is 5.56 Å². The molecular weight excluding hydrogens is 181 g/mol. The second-order valence-corrected chi connectivity index (χ2v) is 2.75. The fraction of sp³-hybridized carbons (Fsp3) is 0.333. The highest BCUT2D eigenvalue weighted by Gasteiger charge is 2.23. The maximum absolute atomic E-state index is 13.0. The third-order valence-electron chi connectivity index (χ3n) is 1.81. The van der Waals surface area contributed by atoms with Crippen molar-refractivity contribution in [3.05, 3.63) is 35.1 Å². The van der Waals surface area contributed by atoms with Gasteiger partial charge in [0.25, 0.3) is 6.43 Å². The topological polar surface area (TPSA) is 20.2 Å². The highest BCUT2D eigenvalue weighted by atomic mass is 19.3. The molecule has 0 bridgehead atoms. The van der Waals surface area contributed by atoms with Crippen molar-refractivity contribution in [1.82, 2.24) is 0 Å². The lowest BCUT2D eigenvalue weighted by molar-refractivity contribution is -0.00808. The average molecular weight is 190 g/mol. The first-order valence-electron chi connectivity index (χ1n) is 3.75. The summed E-state index contributed by atoms with van der Waals surface area (Å²) in [5, 5.41) is 8.97. The molecule has 1 aromatic rings. The van der Waals surface area contributed by atoms with Crippen LogP contribution < -0.4 is 0 Å². The fourth-order valence-electron chi connectivity index (χ4n) is 1.15. The van der Waals surface area contributed by atoms with E-state index in [1.54, 1.807) is 0 Å². The van der Waals surface area contributed by atoms with Gasteiger partial charge in [0.05, 0.1) is 0 Å². The Balaban J connectivity index is 3.12. The molecule has 0 fully saturated rings. The third kappa shape index (κ3) is 2.01. The number of benzene rings is 1. The molecule has 1 rings (SSSR count). The first-order valence-corrected chi connectivity index (χ1v) is 3.75. The van der Waals surface area contributed by atoms with E-state index < -0.39 is 18.3 Å². The van der Waals surface area contributed by atoms with Crippen molar-refractivity contribution in [2.45, 2.75) is 19.5 Å². The Morgan fingerprint density at radius 1 is 1.31 bits per heavy atom. The van der Waals surface area contributed by atoms with Crippen LogP contribution in [0.25, 0.3) is 0 Å². The monoisotopic (exact) mass is 190 g/mol. The molecule has 1 nitrogen and oxygen atoms in total. The Morgan fingerprint density at radius 2 is 1.92 bits per heavy atom. The lowest BCUT2D eigenvalue weighted by Crippen LogP contribution is -2.11. The largest absolute Gasteiger partial charge is 0.382 e. The zero-order valence-corrected chi connectivity index (χ0v) is 6.97. The van der Waals surface area contributed by atoms with Crippen molar-refractivity contribution in [2.24, 2.45) is 0 Å². The number of aliphatic hydroxyl groups excluding tert-OH is 1. The summed E-state index contributed by atoms with van der Waals surface area (Å²) in [6.45, 7) is 1.48. The lowest BCUT2D eigenvalue weighted by atomic mass is 10.0. The van der Waals surface area contributed by atoms with Crippen LogP contribution in [-0.4, -0.2) is 11.5 Å². The fourth-order valence-corrected chi connectivity index (χ4v) is 1.15. The summed E-state index contributed by atoms with van der Waals surface area (Å²) in [6, 6.07) is 3.93. The minimum atomic E-state index is -2.96. The van der Waals surface area contributed by atoms with Crippen molar-refractivity contribution >= 4 is 0 Å². The van der Waals surface area contributed by atoms with Gasteiger partial charge in [0.15, 0.2) is 0 Å². The van der Waals surface area contributed by atoms with Gasteiger partial charge in [-0.3, -0.25) is 0 Å². The van der Waals surface area contributed by atoms with Gasteiger partial charge in [-0.05, 0) is 18.6 Å². The summed E-state index contributed by atoms with van der Waals surface area (Å²) in [5.41, 5.74) is 0.00491. The number of alkyl halides is 2. The molecule has 4 heteroatoms. The van der Waals surface area contributed by atoms with Crippen LogP contribution in [0, 0.1) is 12.7 Å². The van der Waals surface area contributed by atoms with Crippen LogP contribution in [0.15, 0.2) is 18.2 Å². The molecule has 0 radical (unpaired) electrons. The lowest BCUT2D eigenvalue weighted by Gasteiger charge is -2.13. The smallest absolute Gasteiger partial charge is 0.268 e. The Morgan fingerprint density at radius 3 is 2.38 bits per heavy atom. The van der Waals surface area contributed by atoms with Crippen LogP contribution in [-0.2, 0) is 0 Å². The Bertz CT molecular complexity index is 279. The van der Waals surface area contributed by atoms with E-state index >= 15 is 0 Å². The van der Waals surface area contributed by atoms with Crippen LogP contribution >= 0.6 is 0 Å². The quantitative estimate of drug-likeness (QED) is 0.759. The standard InChI is InChI=1S/C9H9F3O/c1-5-3-2-4-6(10)7(5)8(13)9(11)12/h2-4,8-9,13H,1H3. The van der Waals surface area contributed by atoms with Crippen molar-refractivity contribution in [3.63, 3.8) is 0 Å². The van der Waals surface area contributed by atoms with E-state index in [0.717, 1.165) is 6.07 Å². The van der Waals surface area contributed by atoms with Crippen LogP contribution in [0.5, 0.6) is 0 Å². The average Bonchev–Trinajstić information content (AvgIpc) is 2.03. The van der Waals surface area contributed by atoms with E-state index in [0.29, 0.717) is 5.56 Å². The maximum Gasteiger partial charge on any atom is 0.268 e. The zero-order valence-electron chi connectivity index (χ0n) is 6.97. The summed E-state index contributed by atoms with van der Waals surface area (Å²) in [4.78, 5) is 0. The van der Waals surface area contributed by atoms with Crippen LogP contribution in [0.3, 0.4) is 0 Å². The molecule has 72 valence electrons. The molecule has 0 aliphatic carbocycles. The van der Waals surface area contributed by atoms with Crippen molar-refractivity contribution < 1.29 is 18.3 Å². The molecule has 1 N–H and O–H groups in total. The van der Waals surface area contributed by atoms with Crippen LogP contribution in [0.4, 0.5) is 13.2 Å². The number of rotatable bonds is 2. The first kappa shape index (κ1) is 10.1. The van der Waals surface area contributed by atoms with Gasteiger partial charge in [0, 0.05) is 5.56 Å². The molecule has 0 spiro atoms. The predicted molar refractivity (Wildman–Crippen MR) is 42.1 cm³/mol. The maximum atomic E-state index is 13.0. The second-order valence-electron chi connectivity index (χ2n) is 2.75. The van der Waals surface area contributed by atoms with E-state index in [9.17, 15) is 13.2 Å². The Kier molecular flexibility index (Phi) is 2.93. The number of aryl methyl sites for hydroxylation is 1. The summed E-state index contributed by atoms with van der Waals surface area (Å²) in [5.74, 6) is -0.798. The number of aliphatic hydroxyl groups is 1. The summed E-state index contributed by atoms with van der Waals surface area (Å²) >= 11 is 0. The summed E-state index contributed by atoms with van der Waals surface area (Å²) < 4.78 is 37.1. The van der Waals surface area contributed by atoms with Crippen molar-refractivity contribution in [1.29, 1.82) is 0 Å². The molecular formula is C9H9F3O. The normalized spacial score (nSPS) is 13.4. The molecule has 1 aromatic carbocycles. The minimum Gasteiger partial charge on any atom is -0.382 e. The SMILES string of the molecule is Cc1cccc(F)c1C(O)C(F)F. The van der Waals surface area contributed by atoms with E-state index in [1.165, 1.54) is 19.1 Å². The van der Waals surface area contributed by atoms with Gasteiger partial charge < -0.3 is 5.11 Å². The number of hydrogen-bond acceptors (Lipinski definition) is 1. The Hall–Kier alpha value is -1.03. The number of hydrogen-bond donors (Lipinski definition) is 1. The van der Waals surface area contributed by atoms with Gasteiger partial charge in [0.2, 0.25) is 0 Å². The van der Waals surface area contributed by atoms with Gasteiger partial charge in [-0.25, -0.2) is 13.2 Å². The van der Waals surface area contributed by atoms with Gasteiger partial charge in [-0.1, -0.05) is 12.1 Å². The highest BCUT2D eigenvalue weighted by molar-refractivity contribution is 5.29. The van der Waals surface area contributed by atoms with E-state index in [4.69, 9.17) is 5.11 Å². The van der Waals surface area contributed by atoms with Crippen molar-refractivity contribution in [2.75, 3.05) is 0 Å². The highest BCUT2D eigenvalue weighted by Crippen LogP contribution is 2.25. The predicted octanol–water partition coefficient (Wildman–Crippen LogP) is 2.43. The molecule has 0 aliphatic heterocycles. The number of halogens is 3. The van der Waals surface area contributed by atoms with E-state index in [1.807, 2.05) is 0 Å². The third-order valence-corrected chi connectivity index (χ3v) is 1.81. The van der Waals surface area contributed by atoms with E-state index in [2.05, 4.69) is 0 Å². The first-order chi connectivity index (χ1) is 6.04. The summed E-state index contributed by atoms with van der Waals surface area (Å²) in [7, 11) is 0. The Labute approximate surface area is 73.8 Å². The molecule has 1 unspecified atom stereocenters. The van der Waals surface area contributed by atoms with Gasteiger partial charge in [0.1, 0.15) is 11.9 Å².